The first kappa shape index (κ1) is 14.7. The number of hydrogen-bond acceptors (Lipinski definition) is 2. The molecule has 18 heavy (non-hydrogen) atoms. The SMILES string of the molecule is CCCC(C)(C)CO/N=C(\C)c1cccc(C)c1. The predicted molar refractivity (Wildman–Crippen MR) is 78.0 cm³/mol. The predicted octanol–water partition coefficient (Wildman–Crippen LogP) is 4.56. The molecule has 0 unspecified atom stereocenters. The molecule has 1 aromatic carbocycles. The minimum absolute atomic E-state index is 0.200. The fourth-order valence-corrected chi connectivity index (χ4v) is 1.98. The third-order valence-electron chi connectivity index (χ3n) is 3.02. The zero-order valence-corrected chi connectivity index (χ0v) is 12.3. The average molecular weight is 247 g/mol. The Morgan fingerprint density at radius 1 is 1.33 bits per heavy atom. The van der Waals surface area contributed by atoms with E-state index in [9.17, 15) is 0 Å². The number of aryl methyl sites for hydroxylation is 1. The molecule has 0 aromatic heterocycles. The summed E-state index contributed by atoms with van der Waals surface area (Å²) in [5.41, 5.74) is 3.51. The largest absolute Gasteiger partial charge is 0.395 e. The second-order valence-corrected chi connectivity index (χ2v) is 5.73. The Labute approximate surface area is 111 Å². The van der Waals surface area contributed by atoms with Gasteiger partial charge < -0.3 is 4.84 Å². The van der Waals surface area contributed by atoms with Crippen molar-refractivity contribution >= 4 is 5.71 Å². The maximum absolute atomic E-state index is 5.50. The van der Waals surface area contributed by atoms with Gasteiger partial charge in [-0.1, -0.05) is 62.2 Å². The Morgan fingerprint density at radius 2 is 2.06 bits per heavy atom. The molecule has 0 atom stereocenters. The van der Waals surface area contributed by atoms with Gasteiger partial charge in [0.15, 0.2) is 0 Å². The molecule has 0 saturated carbocycles. The summed E-state index contributed by atoms with van der Waals surface area (Å²) in [6.45, 7) is 11.4. The summed E-state index contributed by atoms with van der Waals surface area (Å²) >= 11 is 0. The van der Waals surface area contributed by atoms with Gasteiger partial charge in [-0.2, -0.15) is 0 Å². The summed E-state index contributed by atoms with van der Waals surface area (Å²) in [7, 11) is 0. The first-order valence-corrected chi connectivity index (χ1v) is 6.68. The first-order valence-electron chi connectivity index (χ1n) is 6.68. The van der Waals surface area contributed by atoms with Gasteiger partial charge in [-0.3, -0.25) is 0 Å². The second-order valence-electron chi connectivity index (χ2n) is 5.73. The van der Waals surface area contributed by atoms with E-state index >= 15 is 0 Å². The molecule has 100 valence electrons. The number of hydrogen-bond donors (Lipinski definition) is 0. The van der Waals surface area contributed by atoms with E-state index in [1.807, 2.05) is 13.0 Å². The van der Waals surface area contributed by atoms with Crippen LogP contribution in [0.2, 0.25) is 0 Å². The van der Waals surface area contributed by atoms with Gasteiger partial charge in [0.05, 0.1) is 5.71 Å². The van der Waals surface area contributed by atoms with E-state index in [1.54, 1.807) is 0 Å². The number of oxime groups is 1. The highest BCUT2D eigenvalue weighted by atomic mass is 16.6. The molecule has 1 rings (SSSR count). The van der Waals surface area contributed by atoms with Crippen LogP contribution in [0.15, 0.2) is 29.4 Å². The number of nitrogens with zero attached hydrogens (tertiary/aromatic N) is 1. The third kappa shape index (κ3) is 4.91. The number of benzene rings is 1. The summed E-state index contributed by atoms with van der Waals surface area (Å²) < 4.78 is 0. The normalized spacial score (nSPS) is 12.6. The molecule has 0 amide bonds. The van der Waals surface area contributed by atoms with Crippen LogP contribution in [-0.2, 0) is 4.84 Å². The highest BCUT2D eigenvalue weighted by molar-refractivity contribution is 5.98. The molecule has 0 radical (unpaired) electrons. The van der Waals surface area contributed by atoms with Gasteiger partial charge in [0.1, 0.15) is 6.61 Å². The smallest absolute Gasteiger partial charge is 0.122 e. The Hall–Kier alpha value is -1.31. The molecule has 2 heteroatoms. The summed E-state index contributed by atoms with van der Waals surface area (Å²) in [6.07, 6.45) is 2.34. The molecule has 0 aliphatic carbocycles. The van der Waals surface area contributed by atoms with Crippen molar-refractivity contribution in [3.8, 4) is 0 Å². The molecule has 0 heterocycles. The fourth-order valence-electron chi connectivity index (χ4n) is 1.98. The molecule has 0 bridgehead atoms. The van der Waals surface area contributed by atoms with Crippen LogP contribution >= 0.6 is 0 Å². The Kier molecular flexibility index (Phi) is 5.39. The van der Waals surface area contributed by atoms with Crippen LogP contribution in [0.25, 0.3) is 0 Å². The Morgan fingerprint density at radius 3 is 2.67 bits per heavy atom. The summed E-state index contributed by atoms with van der Waals surface area (Å²) in [4.78, 5) is 5.50. The maximum Gasteiger partial charge on any atom is 0.122 e. The van der Waals surface area contributed by atoms with Gasteiger partial charge in [0.2, 0.25) is 0 Å². The maximum atomic E-state index is 5.50. The van der Waals surface area contributed by atoms with Gasteiger partial charge >= 0.3 is 0 Å². The van der Waals surface area contributed by atoms with Gasteiger partial charge in [0, 0.05) is 5.41 Å². The summed E-state index contributed by atoms with van der Waals surface area (Å²) in [5, 5.41) is 4.22. The van der Waals surface area contributed by atoms with Crippen LogP contribution in [0.4, 0.5) is 0 Å². The minimum Gasteiger partial charge on any atom is -0.395 e. The molecular weight excluding hydrogens is 222 g/mol. The zero-order chi connectivity index (χ0) is 13.6. The van der Waals surface area contributed by atoms with Crippen molar-refractivity contribution in [3.63, 3.8) is 0 Å². The third-order valence-corrected chi connectivity index (χ3v) is 3.02. The van der Waals surface area contributed by atoms with Gasteiger partial charge in [-0.25, -0.2) is 0 Å². The van der Waals surface area contributed by atoms with E-state index in [-0.39, 0.29) is 5.41 Å². The molecule has 0 N–H and O–H groups in total. The number of rotatable bonds is 6. The lowest BCUT2D eigenvalue weighted by atomic mass is 9.89. The minimum atomic E-state index is 0.200. The molecule has 2 nitrogen and oxygen atoms in total. The molecular formula is C16H25NO. The van der Waals surface area contributed by atoms with E-state index in [4.69, 9.17) is 4.84 Å². The van der Waals surface area contributed by atoms with E-state index in [0.29, 0.717) is 6.61 Å². The van der Waals surface area contributed by atoms with Gasteiger partial charge in [-0.05, 0) is 25.8 Å². The van der Waals surface area contributed by atoms with Crippen molar-refractivity contribution in [1.29, 1.82) is 0 Å². The summed E-state index contributed by atoms with van der Waals surface area (Å²) in [5.74, 6) is 0. The zero-order valence-electron chi connectivity index (χ0n) is 12.3. The van der Waals surface area contributed by atoms with Crippen LogP contribution in [0.5, 0.6) is 0 Å². The fraction of sp³-hybridized carbons (Fsp3) is 0.562. The van der Waals surface area contributed by atoms with Gasteiger partial charge in [-0.15, -0.1) is 0 Å². The van der Waals surface area contributed by atoms with Crippen molar-refractivity contribution < 1.29 is 4.84 Å². The molecule has 0 aliphatic heterocycles. The van der Waals surface area contributed by atoms with Gasteiger partial charge in [0.25, 0.3) is 0 Å². The van der Waals surface area contributed by atoms with Crippen molar-refractivity contribution in [1.82, 2.24) is 0 Å². The first-order chi connectivity index (χ1) is 8.44. The monoisotopic (exact) mass is 247 g/mol. The van der Waals surface area contributed by atoms with Crippen LogP contribution in [0.1, 0.15) is 51.7 Å². The topological polar surface area (TPSA) is 21.6 Å². The van der Waals surface area contributed by atoms with Crippen LogP contribution < -0.4 is 0 Å². The van der Waals surface area contributed by atoms with Crippen LogP contribution in [-0.4, -0.2) is 12.3 Å². The molecule has 1 aromatic rings. The lowest BCUT2D eigenvalue weighted by molar-refractivity contribution is 0.0625. The lowest BCUT2D eigenvalue weighted by Gasteiger charge is -2.21. The van der Waals surface area contributed by atoms with Crippen molar-refractivity contribution in [3.05, 3.63) is 35.4 Å². The lowest BCUT2D eigenvalue weighted by Crippen LogP contribution is -2.17. The average Bonchev–Trinajstić information content (AvgIpc) is 2.28. The van der Waals surface area contributed by atoms with E-state index in [2.05, 4.69) is 51.0 Å². The van der Waals surface area contributed by atoms with Crippen molar-refractivity contribution in [2.24, 2.45) is 10.6 Å². The Balaban J connectivity index is 2.57. The molecule has 0 fully saturated rings. The van der Waals surface area contributed by atoms with Crippen LogP contribution in [0, 0.1) is 12.3 Å². The standard InChI is InChI=1S/C16H25NO/c1-6-10-16(4,5)12-18-17-14(3)15-9-7-8-13(2)11-15/h7-9,11H,6,10,12H2,1-5H3/b17-14+. The van der Waals surface area contributed by atoms with Crippen molar-refractivity contribution in [2.75, 3.05) is 6.61 Å². The second kappa shape index (κ2) is 6.58. The Bertz CT molecular complexity index is 407. The van der Waals surface area contributed by atoms with Crippen molar-refractivity contribution in [2.45, 2.75) is 47.5 Å². The van der Waals surface area contributed by atoms with Crippen LogP contribution in [0.3, 0.4) is 0 Å². The highest BCUT2D eigenvalue weighted by Crippen LogP contribution is 2.22. The van der Waals surface area contributed by atoms with E-state index < -0.39 is 0 Å². The molecule has 0 aliphatic rings. The quantitative estimate of drug-likeness (QED) is 0.533. The van der Waals surface area contributed by atoms with E-state index in [1.165, 1.54) is 12.0 Å². The highest BCUT2D eigenvalue weighted by Gasteiger charge is 2.17. The van der Waals surface area contributed by atoms with E-state index in [0.717, 1.165) is 17.7 Å². The molecule has 0 saturated heterocycles. The molecule has 0 spiro atoms. The summed E-state index contributed by atoms with van der Waals surface area (Å²) in [6, 6.07) is 8.32.